The van der Waals surface area contributed by atoms with Crippen LogP contribution in [-0.4, -0.2) is 15.5 Å². The molecule has 1 aromatic heterocycles. The Balaban J connectivity index is 1.74. The summed E-state index contributed by atoms with van der Waals surface area (Å²) in [6.07, 6.45) is -3.23. The summed E-state index contributed by atoms with van der Waals surface area (Å²) in [7, 11) is 0. The number of nitrogens with one attached hydrogen (secondary N) is 1. The van der Waals surface area contributed by atoms with E-state index < -0.39 is 23.2 Å². The summed E-state index contributed by atoms with van der Waals surface area (Å²) in [4.78, 5) is 28.3. The van der Waals surface area contributed by atoms with E-state index in [0.29, 0.717) is 11.3 Å². The van der Waals surface area contributed by atoms with Crippen molar-refractivity contribution in [2.75, 3.05) is 5.32 Å². The molecule has 0 unspecified atom stereocenters. The minimum Gasteiger partial charge on any atom is -0.325 e. The lowest BCUT2D eigenvalue weighted by Gasteiger charge is -2.09. The highest BCUT2D eigenvalue weighted by Crippen LogP contribution is 2.30. The zero-order valence-electron chi connectivity index (χ0n) is 13.9. The highest BCUT2D eigenvalue weighted by molar-refractivity contribution is 5.90. The van der Waals surface area contributed by atoms with Gasteiger partial charge in [0.15, 0.2) is 0 Å². The van der Waals surface area contributed by atoms with Crippen molar-refractivity contribution in [1.29, 1.82) is 0 Å². The van der Waals surface area contributed by atoms with Crippen LogP contribution in [0.3, 0.4) is 0 Å². The van der Waals surface area contributed by atoms with Crippen molar-refractivity contribution < 1.29 is 18.0 Å². The Morgan fingerprint density at radius 1 is 1.04 bits per heavy atom. The van der Waals surface area contributed by atoms with Crippen molar-refractivity contribution in [3.63, 3.8) is 0 Å². The molecule has 0 aliphatic rings. The van der Waals surface area contributed by atoms with Crippen molar-refractivity contribution in [1.82, 2.24) is 9.55 Å². The number of benzene rings is 2. The van der Waals surface area contributed by atoms with Crippen LogP contribution in [0.1, 0.15) is 5.56 Å². The second-order valence-electron chi connectivity index (χ2n) is 5.73. The normalized spacial score (nSPS) is 11.2. The summed E-state index contributed by atoms with van der Waals surface area (Å²) in [5, 5.41) is 2.65. The number of hydrogen-bond acceptors (Lipinski definition) is 3. The van der Waals surface area contributed by atoms with Gasteiger partial charge in [0, 0.05) is 17.3 Å². The van der Waals surface area contributed by atoms with Crippen LogP contribution >= 0.6 is 0 Å². The van der Waals surface area contributed by atoms with Crippen LogP contribution in [0.5, 0.6) is 0 Å². The fourth-order valence-corrected chi connectivity index (χ4v) is 2.41. The third-order valence-corrected chi connectivity index (χ3v) is 3.76. The third kappa shape index (κ3) is 4.60. The van der Waals surface area contributed by atoms with Gasteiger partial charge in [-0.15, -0.1) is 0 Å². The molecule has 3 rings (SSSR count). The van der Waals surface area contributed by atoms with Gasteiger partial charge in [-0.1, -0.05) is 30.3 Å². The van der Waals surface area contributed by atoms with E-state index in [4.69, 9.17) is 0 Å². The Kier molecular flexibility index (Phi) is 5.07. The largest absolute Gasteiger partial charge is 0.416 e. The van der Waals surface area contributed by atoms with Gasteiger partial charge in [-0.3, -0.25) is 14.2 Å². The molecule has 0 spiro atoms. The molecule has 1 N–H and O–H groups in total. The molecule has 0 bridgehead atoms. The van der Waals surface area contributed by atoms with Gasteiger partial charge in [-0.05, 0) is 24.3 Å². The quantitative estimate of drug-likeness (QED) is 0.761. The van der Waals surface area contributed by atoms with E-state index in [1.165, 1.54) is 24.5 Å². The zero-order valence-corrected chi connectivity index (χ0v) is 13.9. The van der Waals surface area contributed by atoms with Gasteiger partial charge >= 0.3 is 6.18 Å². The molecular weight excluding hydrogens is 359 g/mol. The van der Waals surface area contributed by atoms with Gasteiger partial charge in [-0.2, -0.15) is 13.2 Å². The first kappa shape index (κ1) is 18.4. The Morgan fingerprint density at radius 2 is 1.70 bits per heavy atom. The molecule has 0 aliphatic heterocycles. The fourth-order valence-electron chi connectivity index (χ4n) is 2.41. The van der Waals surface area contributed by atoms with E-state index in [2.05, 4.69) is 10.3 Å². The molecule has 138 valence electrons. The minimum atomic E-state index is -4.43. The number of hydrogen-bond donors (Lipinski definition) is 1. The van der Waals surface area contributed by atoms with Crippen LogP contribution in [0, 0.1) is 0 Å². The number of carbonyl (C=O) groups is 1. The Labute approximate surface area is 152 Å². The van der Waals surface area contributed by atoms with Gasteiger partial charge in [-0.25, -0.2) is 4.98 Å². The van der Waals surface area contributed by atoms with E-state index in [0.717, 1.165) is 16.7 Å². The number of carbonyl (C=O) groups excluding carboxylic acids is 1. The molecule has 0 atom stereocenters. The summed E-state index contributed by atoms with van der Waals surface area (Å²) in [5.41, 5.74) is -0.0559. The summed E-state index contributed by atoms with van der Waals surface area (Å²) in [5.74, 6) is -0.396. The maximum Gasteiger partial charge on any atom is 0.416 e. The monoisotopic (exact) mass is 373 g/mol. The molecule has 2 aromatic carbocycles. The number of amides is 1. The molecule has 0 fully saturated rings. The van der Waals surface area contributed by atoms with Crippen molar-refractivity contribution in [3.8, 4) is 11.3 Å². The van der Waals surface area contributed by atoms with E-state index in [1.54, 1.807) is 24.3 Å². The Morgan fingerprint density at radius 3 is 2.30 bits per heavy atom. The van der Waals surface area contributed by atoms with Crippen LogP contribution in [-0.2, 0) is 17.5 Å². The second-order valence-corrected chi connectivity index (χ2v) is 5.73. The lowest BCUT2D eigenvalue weighted by atomic mass is 10.1. The van der Waals surface area contributed by atoms with Gasteiger partial charge in [0.05, 0.1) is 17.6 Å². The minimum absolute atomic E-state index is 0.228. The summed E-state index contributed by atoms with van der Waals surface area (Å²) in [6.45, 7) is -0.228. The van der Waals surface area contributed by atoms with Gasteiger partial charge in [0.1, 0.15) is 6.54 Å². The second kappa shape index (κ2) is 7.45. The molecule has 0 radical (unpaired) electrons. The van der Waals surface area contributed by atoms with Gasteiger partial charge < -0.3 is 5.32 Å². The number of halogens is 3. The Bertz CT molecular complexity index is 997. The average Bonchev–Trinajstić information content (AvgIpc) is 2.63. The molecule has 1 amide bonds. The summed E-state index contributed by atoms with van der Waals surface area (Å²) < 4.78 is 38.9. The van der Waals surface area contributed by atoms with Crippen LogP contribution in [0.2, 0.25) is 0 Å². The maximum absolute atomic E-state index is 12.6. The molecule has 0 saturated heterocycles. The summed E-state index contributed by atoms with van der Waals surface area (Å²) >= 11 is 0. The first-order chi connectivity index (χ1) is 12.8. The SMILES string of the molecule is O=C(Cn1cnc(-c2ccc(C(F)(F)F)cc2)cc1=O)Nc1ccccc1. The maximum atomic E-state index is 12.6. The number of anilines is 1. The number of nitrogens with zero attached hydrogens (tertiary/aromatic N) is 2. The predicted molar refractivity (Wildman–Crippen MR) is 94.0 cm³/mol. The van der Waals surface area contributed by atoms with Crippen molar-refractivity contribution >= 4 is 11.6 Å². The van der Waals surface area contributed by atoms with E-state index in [-0.39, 0.29) is 12.2 Å². The van der Waals surface area contributed by atoms with E-state index >= 15 is 0 Å². The molecule has 5 nitrogen and oxygen atoms in total. The number of alkyl halides is 3. The third-order valence-electron chi connectivity index (χ3n) is 3.76. The molecule has 8 heteroatoms. The van der Waals surface area contributed by atoms with E-state index in [9.17, 15) is 22.8 Å². The fraction of sp³-hybridized carbons (Fsp3) is 0.105. The lowest BCUT2D eigenvalue weighted by Crippen LogP contribution is -2.27. The number of rotatable bonds is 4. The van der Waals surface area contributed by atoms with Crippen molar-refractivity contribution in [2.45, 2.75) is 12.7 Å². The zero-order chi connectivity index (χ0) is 19.4. The predicted octanol–water partition coefficient (Wildman–Crippen LogP) is 3.57. The van der Waals surface area contributed by atoms with Crippen LogP contribution < -0.4 is 10.9 Å². The van der Waals surface area contributed by atoms with Crippen LogP contribution in [0.15, 0.2) is 71.8 Å². The highest BCUT2D eigenvalue weighted by atomic mass is 19.4. The first-order valence-electron chi connectivity index (χ1n) is 7.92. The molecule has 1 heterocycles. The lowest BCUT2D eigenvalue weighted by molar-refractivity contribution is -0.137. The van der Waals surface area contributed by atoms with Gasteiger partial charge in [0.25, 0.3) is 5.56 Å². The molecule has 3 aromatic rings. The topological polar surface area (TPSA) is 64.0 Å². The molecule has 27 heavy (non-hydrogen) atoms. The van der Waals surface area contributed by atoms with Crippen LogP contribution in [0.4, 0.5) is 18.9 Å². The molecular formula is C19H14F3N3O2. The van der Waals surface area contributed by atoms with Crippen molar-refractivity contribution in [2.24, 2.45) is 0 Å². The van der Waals surface area contributed by atoms with Gasteiger partial charge in [0.2, 0.25) is 5.91 Å². The Hall–Kier alpha value is -3.42. The molecule has 0 saturated carbocycles. The molecule has 0 aliphatic carbocycles. The average molecular weight is 373 g/mol. The number of para-hydroxylation sites is 1. The smallest absolute Gasteiger partial charge is 0.325 e. The van der Waals surface area contributed by atoms with Crippen LogP contribution in [0.25, 0.3) is 11.3 Å². The first-order valence-corrected chi connectivity index (χ1v) is 7.92. The number of aromatic nitrogens is 2. The standard InChI is InChI=1S/C19H14F3N3O2/c20-19(21,22)14-8-6-13(7-9-14)16-10-18(27)25(12-23-16)11-17(26)24-15-4-2-1-3-5-15/h1-10,12H,11H2,(H,24,26). The van der Waals surface area contributed by atoms with Crippen molar-refractivity contribution in [3.05, 3.63) is 82.9 Å². The summed E-state index contributed by atoms with van der Waals surface area (Å²) in [6, 6.07) is 14.3. The van der Waals surface area contributed by atoms with E-state index in [1.807, 2.05) is 6.07 Å². The highest BCUT2D eigenvalue weighted by Gasteiger charge is 2.30.